The van der Waals surface area contributed by atoms with Gasteiger partial charge in [-0.3, -0.25) is 9.69 Å². The van der Waals surface area contributed by atoms with Gasteiger partial charge in [0, 0.05) is 18.1 Å². The molecule has 0 aliphatic heterocycles. The van der Waals surface area contributed by atoms with E-state index in [0.717, 1.165) is 46.2 Å². The Hall–Kier alpha value is -2.67. The van der Waals surface area contributed by atoms with E-state index in [9.17, 15) is 4.79 Å². The number of aryl methyl sites for hydroxylation is 1. The number of rotatable bonds is 9. The van der Waals surface area contributed by atoms with Gasteiger partial charge >= 0.3 is 0 Å². The van der Waals surface area contributed by atoms with Crippen LogP contribution in [0.3, 0.4) is 0 Å². The van der Waals surface area contributed by atoms with E-state index in [4.69, 9.17) is 21.3 Å². The molecule has 0 N–H and O–H groups in total. The van der Waals surface area contributed by atoms with E-state index in [1.54, 1.807) is 4.90 Å². The number of carbonyl (C=O) groups excluding carboxylic acids is 1. The number of carbonyl (C=O) groups is 1. The van der Waals surface area contributed by atoms with Crippen molar-refractivity contribution in [1.82, 2.24) is 9.88 Å². The molecule has 0 saturated carbocycles. The largest absolute Gasteiger partial charge is 0.493 e. The van der Waals surface area contributed by atoms with E-state index < -0.39 is 0 Å². The molecule has 0 fully saturated rings. The lowest BCUT2D eigenvalue weighted by Crippen LogP contribution is -2.39. The van der Waals surface area contributed by atoms with Gasteiger partial charge in [-0.05, 0) is 61.5 Å². The monoisotopic (exact) mass is 495 g/mol. The summed E-state index contributed by atoms with van der Waals surface area (Å²) in [6, 6.07) is 15.7. The third kappa shape index (κ3) is 4.76. The van der Waals surface area contributed by atoms with Gasteiger partial charge in [0.05, 0.1) is 22.4 Å². The van der Waals surface area contributed by atoms with Gasteiger partial charge in [0.1, 0.15) is 5.75 Å². The zero-order chi connectivity index (χ0) is 24.2. The summed E-state index contributed by atoms with van der Waals surface area (Å²) in [4.78, 5) is 23.2. The number of nitrogens with zero attached hydrogens (tertiary/aromatic N) is 3. The summed E-state index contributed by atoms with van der Waals surface area (Å²) in [7, 11) is 0. The fraction of sp³-hybridized carbons (Fsp3) is 0.333. The molecule has 0 bridgehead atoms. The lowest BCUT2D eigenvalue weighted by molar-refractivity contribution is 0.0982. The fourth-order valence-corrected chi connectivity index (χ4v) is 5.35. The summed E-state index contributed by atoms with van der Waals surface area (Å²) < 4.78 is 6.94. The Morgan fingerprint density at radius 3 is 2.53 bits per heavy atom. The number of benzene rings is 3. The van der Waals surface area contributed by atoms with Gasteiger partial charge in [0.25, 0.3) is 5.91 Å². The van der Waals surface area contributed by atoms with Crippen molar-refractivity contribution in [3.63, 3.8) is 0 Å². The van der Waals surface area contributed by atoms with Crippen LogP contribution in [-0.2, 0) is 0 Å². The molecular weight excluding hydrogens is 466 g/mol. The second-order valence-corrected chi connectivity index (χ2v) is 9.51. The molecule has 4 rings (SSSR count). The highest BCUT2D eigenvalue weighted by Gasteiger charge is 2.27. The van der Waals surface area contributed by atoms with Crippen LogP contribution in [0.4, 0.5) is 5.13 Å². The summed E-state index contributed by atoms with van der Waals surface area (Å²) in [6.07, 6.45) is 0. The highest BCUT2D eigenvalue weighted by atomic mass is 35.5. The molecule has 1 aromatic heterocycles. The van der Waals surface area contributed by atoms with Crippen LogP contribution in [0.15, 0.2) is 48.5 Å². The lowest BCUT2D eigenvalue weighted by atomic mass is 10.0. The van der Waals surface area contributed by atoms with Crippen molar-refractivity contribution in [2.24, 2.45) is 0 Å². The Balaban J connectivity index is 1.85. The van der Waals surface area contributed by atoms with E-state index in [1.165, 1.54) is 11.3 Å². The van der Waals surface area contributed by atoms with E-state index in [1.807, 2.05) is 62.4 Å². The number of amides is 1. The quantitative estimate of drug-likeness (QED) is 0.256. The molecule has 0 unspecified atom stereocenters. The molecule has 178 valence electrons. The van der Waals surface area contributed by atoms with Gasteiger partial charge in [-0.25, -0.2) is 4.98 Å². The summed E-state index contributed by atoms with van der Waals surface area (Å²) >= 11 is 7.88. The van der Waals surface area contributed by atoms with Gasteiger partial charge in [-0.2, -0.15) is 0 Å². The van der Waals surface area contributed by atoms with Gasteiger partial charge in [-0.15, -0.1) is 0 Å². The minimum atomic E-state index is -0.102. The van der Waals surface area contributed by atoms with Crippen molar-refractivity contribution < 1.29 is 9.53 Å². The number of fused-ring (bicyclic) bond motifs is 2. The van der Waals surface area contributed by atoms with Crippen molar-refractivity contribution in [3.05, 3.63) is 64.7 Å². The Kier molecular flexibility index (Phi) is 7.71. The number of likely N-dealkylation sites (N-methyl/N-ethyl adjacent to an activating group) is 1. The maximum atomic E-state index is 14.2. The number of hydrogen-bond acceptors (Lipinski definition) is 5. The first kappa shape index (κ1) is 24.5. The molecule has 4 aromatic rings. The van der Waals surface area contributed by atoms with Crippen LogP contribution >= 0.6 is 22.9 Å². The second-order valence-electron chi connectivity index (χ2n) is 8.09. The van der Waals surface area contributed by atoms with Crippen molar-refractivity contribution in [3.8, 4) is 5.75 Å². The van der Waals surface area contributed by atoms with E-state index in [0.29, 0.717) is 34.6 Å². The molecule has 0 aliphatic rings. The molecule has 0 spiro atoms. The third-order valence-corrected chi connectivity index (χ3v) is 7.60. The predicted molar refractivity (Wildman–Crippen MR) is 144 cm³/mol. The summed E-state index contributed by atoms with van der Waals surface area (Å²) in [6.45, 7) is 11.8. The average molecular weight is 496 g/mol. The number of halogens is 1. The van der Waals surface area contributed by atoms with Crippen LogP contribution < -0.4 is 9.64 Å². The van der Waals surface area contributed by atoms with Crippen LogP contribution in [0, 0.1) is 6.92 Å². The third-order valence-electron chi connectivity index (χ3n) is 6.15. The number of thiazole rings is 1. The lowest BCUT2D eigenvalue weighted by Gasteiger charge is -2.26. The maximum Gasteiger partial charge on any atom is 0.264 e. The molecule has 0 atom stereocenters. The van der Waals surface area contributed by atoms with Gasteiger partial charge < -0.3 is 9.64 Å². The summed E-state index contributed by atoms with van der Waals surface area (Å²) in [5.41, 5.74) is 2.35. The normalized spacial score (nSPS) is 11.5. The number of aromatic nitrogens is 1. The molecule has 7 heteroatoms. The van der Waals surface area contributed by atoms with Crippen LogP contribution in [0.5, 0.6) is 5.75 Å². The molecule has 1 heterocycles. The van der Waals surface area contributed by atoms with Crippen molar-refractivity contribution >= 4 is 55.0 Å². The standard InChI is InChI=1S/C27H30ClN3O2S/c1-5-30(6-2)16-17-31(27-29-25-18(4)21(28)13-15-23(25)34-27)26(32)24-20-11-9-8-10-19(20)12-14-22(24)33-7-3/h8-15H,5-7,16-17H2,1-4H3. The topological polar surface area (TPSA) is 45.7 Å². The smallest absolute Gasteiger partial charge is 0.264 e. The van der Waals surface area contributed by atoms with Crippen molar-refractivity contribution in [2.75, 3.05) is 37.7 Å². The second kappa shape index (κ2) is 10.7. The van der Waals surface area contributed by atoms with Crippen LogP contribution in [0.1, 0.15) is 36.7 Å². The van der Waals surface area contributed by atoms with Crippen LogP contribution in [-0.4, -0.2) is 48.6 Å². The summed E-state index contributed by atoms with van der Waals surface area (Å²) in [5.74, 6) is 0.495. The minimum absolute atomic E-state index is 0.102. The molecule has 34 heavy (non-hydrogen) atoms. The Labute approximate surface area is 209 Å². The Morgan fingerprint density at radius 2 is 1.79 bits per heavy atom. The molecule has 5 nitrogen and oxygen atoms in total. The Morgan fingerprint density at radius 1 is 1.03 bits per heavy atom. The minimum Gasteiger partial charge on any atom is -0.493 e. The van der Waals surface area contributed by atoms with E-state index in [-0.39, 0.29) is 5.91 Å². The highest BCUT2D eigenvalue weighted by molar-refractivity contribution is 7.22. The molecular formula is C27H30ClN3O2S. The molecule has 0 aliphatic carbocycles. The summed E-state index contributed by atoms with van der Waals surface area (Å²) in [5, 5.41) is 3.24. The number of anilines is 1. The van der Waals surface area contributed by atoms with Crippen molar-refractivity contribution in [1.29, 1.82) is 0 Å². The van der Waals surface area contributed by atoms with Gasteiger partial charge in [-0.1, -0.05) is 67.1 Å². The van der Waals surface area contributed by atoms with Gasteiger partial charge in [0.2, 0.25) is 0 Å². The zero-order valence-corrected chi connectivity index (χ0v) is 21.7. The molecule has 3 aromatic carbocycles. The van der Waals surface area contributed by atoms with Crippen molar-refractivity contribution in [2.45, 2.75) is 27.7 Å². The first-order valence-corrected chi connectivity index (χ1v) is 12.9. The first-order valence-electron chi connectivity index (χ1n) is 11.7. The van der Waals surface area contributed by atoms with Crippen LogP contribution in [0.2, 0.25) is 5.02 Å². The maximum absolute atomic E-state index is 14.2. The average Bonchev–Trinajstić information content (AvgIpc) is 3.28. The van der Waals surface area contributed by atoms with E-state index >= 15 is 0 Å². The predicted octanol–water partition coefficient (Wildman–Crippen LogP) is 6.80. The highest BCUT2D eigenvalue weighted by Crippen LogP contribution is 2.36. The zero-order valence-electron chi connectivity index (χ0n) is 20.1. The number of hydrogen-bond donors (Lipinski definition) is 0. The number of ether oxygens (including phenoxy) is 1. The fourth-order valence-electron chi connectivity index (χ4n) is 4.15. The molecule has 0 saturated heterocycles. The molecule has 0 radical (unpaired) electrons. The van der Waals surface area contributed by atoms with E-state index in [2.05, 4.69) is 18.7 Å². The van der Waals surface area contributed by atoms with Crippen LogP contribution in [0.25, 0.3) is 21.0 Å². The molecule has 1 amide bonds. The van der Waals surface area contributed by atoms with Gasteiger partial charge in [0.15, 0.2) is 5.13 Å². The first-order chi connectivity index (χ1) is 16.5. The SMILES string of the molecule is CCOc1ccc2ccccc2c1C(=O)N(CCN(CC)CC)c1nc2c(C)c(Cl)ccc2s1. The Bertz CT molecular complexity index is 1320.